The Labute approximate surface area is 222 Å². The number of hydrogen-bond acceptors (Lipinski definition) is 5. The van der Waals surface area contributed by atoms with Crippen LogP contribution in [0.3, 0.4) is 0 Å². The molecule has 0 heterocycles. The van der Waals surface area contributed by atoms with E-state index in [1.54, 1.807) is 36.4 Å². The summed E-state index contributed by atoms with van der Waals surface area (Å²) in [6, 6.07) is 23.6. The van der Waals surface area contributed by atoms with Crippen LogP contribution in [0.25, 0.3) is 0 Å². The second-order valence-corrected chi connectivity index (χ2v) is 12.2. The number of sulfonamides is 2. The number of rotatable bonds is 8. The standard InChI is InChI=1S/C28H27N3O5S2/c1-19-8-14-24(15-9-19)38(35,36)31-27-7-5-4-6-26(27)28(32)29-22-12-16-25(17-13-22)37(33,34)30-23-11-10-20(2)21(3)18-23/h4-18,30-31H,1-3H3,(H,29,32). The van der Waals surface area contributed by atoms with Gasteiger partial charge in [-0.3, -0.25) is 14.2 Å². The third-order valence-corrected chi connectivity index (χ3v) is 8.71. The monoisotopic (exact) mass is 549 g/mol. The van der Waals surface area contributed by atoms with Gasteiger partial charge in [-0.15, -0.1) is 0 Å². The highest BCUT2D eigenvalue weighted by Crippen LogP contribution is 2.23. The van der Waals surface area contributed by atoms with E-state index in [1.807, 2.05) is 26.8 Å². The molecule has 4 aromatic rings. The van der Waals surface area contributed by atoms with E-state index in [0.29, 0.717) is 11.4 Å². The summed E-state index contributed by atoms with van der Waals surface area (Å²) in [5.74, 6) is -0.559. The Kier molecular flexibility index (Phi) is 7.56. The minimum atomic E-state index is -3.92. The van der Waals surface area contributed by atoms with Crippen molar-refractivity contribution < 1.29 is 21.6 Å². The smallest absolute Gasteiger partial charge is 0.261 e. The van der Waals surface area contributed by atoms with Gasteiger partial charge in [0.1, 0.15) is 0 Å². The van der Waals surface area contributed by atoms with E-state index in [-0.39, 0.29) is 21.0 Å². The van der Waals surface area contributed by atoms with Crippen molar-refractivity contribution in [3.8, 4) is 0 Å². The lowest BCUT2D eigenvalue weighted by Gasteiger charge is -2.13. The Hall–Kier alpha value is -4.15. The zero-order chi connectivity index (χ0) is 27.5. The molecule has 3 N–H and O–H groups in total. The van der Waals surface area contributed by atoms with Crippen LogP contribution in [0, 0.1) is 20.8 Å². The predicted molar refractivity (Wildman–Crippen MR) is 150 cm³/mol. The van der Waals surface area contributed by atoms with Crippen LogP contribution >= 0.6 is 0 Å². The highest BCUT2D eigenvalue weighted by atomic mass is 32.2. The largest absolute Gasteiger partial charge is 0.322 e. The molecule has 0 spiro atoms. The van der Waals surface area contributed by atoms with Gasteiger partial charge >= 0.3 is 0 Å². The first-order valence-corrected chi connectivity index (χ1v) is 14.6. The van der Waals surface area contributed by atoms with E-state index in [1.165, 1.54) is 48.5 Å². The van der Waals surface area contributed by atoms with Crippen molar-refractivity contribution in [1.82, 2.24) is 0 Å². The maximum atomic E-state index is 13.0. The van der Waals surface area contributed by atoms with Crippen molar-refractivity contribution in [3.63, 3.8) is 0 Å². The third-order valence-electron chi connectivity index (χ3n) is 5.93. The number of anilines is 3. The summed E-state index contributed by atoms with van der Waals surface area (Å²) >= 11 is 0. The molecule has 0 aromatic heterocycles. The first-order chi connectivity index (χ1) is 17.9. The third kappa shape index (κ3) is 6.21. The molecule has 38 heavy (non-hydrogen) atoms. The molecule has 0 aliphatic heterocycles. The van der Waals surface area contributed by atoms with E-state index in [0.717, 1.165) is 16.7 Å². The molecule has 0 saturated heterocycles. The number of para-hydroxylation sites is 1. The molecule has 0 bridgehead atoms. The fourth-order valence-corrected chi connectivity index (χ4v) is 5.76. The van der Waals surface area contributed by atoms with Gasteiger partial charge in [-0.2, -0.15) is 0 Å². The van der Waals surface area contributed by atoms with Gasteiger partial charge in [0, 0.05) is 11.4 Å². The summed E-state index contributed by atoms with van der Waals surface area (Å²) in [5, 5.41) is 2.68. The first kappa shape index (κ1) is 26.9. The molecule has 0 fully saturated rings. The molecule has 0 aliphatic carbocycles. The minimum Gasteiger partial charge on any atom is -0.322 e. The van der Waals surface area contributed by atoms with Gasteiger partial charge in [-0.05, 0) is 92.6 Å². The second-order valence-electron chi connectivity index (χ2n) is 8.85. The average molecular weight is 550 g/mol. The van der Waals surface area contributed by atoms with Crippen LogP contribution in [-0.4, -0.2) is 22.7 Å². The molecule has 0 aliphatic rings. The maximum absolute atomic E-state index is 13.0. The predicted octanol–water partition coefficient (Wildman–Crippen LogP) is 5.47. The quantitative estimate of drug-likeness (QED) is 0.269. The number of carbonyl (C=O) groups excluding carboxylic acids is 1. The van der Waals surface area contributed by atoms with Crippen LogP contribution in [0.4, 0.5) is 17.1 Å². The lowest BCUT2D eigenvalue weighted by atomic mass is 10.1. The molecular weight excluding hydrogens is 522 g/mol. The molecule has 196 valence electrons. The number of nitrogens with one attached hydrogen (secondary N) is 3. The van der Waals surface area contributed by atoms with Gasteiger partial charge in [0.2, 0.25) is 0 Å². The van der Waals surface area contributed by atoms with Gasteiger partial charge in [0.15, 0.2) is 0 Å². The van der Waals surface area contributed by atoms with E-state index in [9.17, 15) is 21.6 Å². The molecule has 0 atom stereocenters. The summed E-state index contributed by atoms with van der Waals surface area (Å²) in [7, 11) is -7.75. The highest BCUT2D eigenvalue weighted by Gasteiger charge is 2.19. The summed E-state index contributed by atoms with van der Waals surface area (Å²) in [6.45, 7) is 5.70. The molecule has 10 heteroatoms. The van der Waals surface area contributed by atoms with Crippen LogP contribution in [0.1, 0.15) is 27.0 Å². The molecule has 8 nitrogen and oxygen atoms in total. The fraction of sp³-hybridized carbons (Fsp3) is 0.107. The van der Waals surface area contributed by atoms with Crippen LogP contribution in [0.5, 0.6) is 0 Å². The molecule has 4 aromatic carbocycles. The molecular formula is C28H27N3O5S2. The fourth-order valence-electron chi connectivity index (χ4n) is 3.63. The lowest BCUT2D eigenvalue weighted by Crippen LogP contribution is -2.18. The molecule has 0 saturated carbocycles. The van der Waals surface area contributed by atoms with Gasteiger partial charge in [-0.25, -0.2) is 16.8 Å². The number of carbonyl (C=O) groups is 1. The summed E-state index contributed by atoms with van der Waals surface area (Å²) in [6.07, 6.45) is 0. The first-order valence-electron chi connectivity index (χ1n) is 11.6. The van der Waals surface area contributed by atoms with Crippen molar-refractivity contribution in [2.45, 2.75) is 30.6 Å². The van der Waals surface area contributed by atoms with Crippen molar-refractivity contribution in [3.05, 3.63) is 113 Å². The summed E-state index contributed by atoms with van der Waals surface area (Å²) in [4.78, 5) is 13.1. The normalized spacial score (nSPS) is 11.6. The maximum Gasteiger partial charge on any atom is 0.261 e. The molecule has 0 radical (unpaired) electrons. The number of amides is 1. The topological polar surface area (TPSA) is 121 Å². The van der Waals surface area contributed by atoms with Crippen LogP contribution < -0.4 is 14.8 Å². The van der Waals surface area contributed by atoms with Gasteiger partial charge in [-0.1, -0.05) is 35.9 Å². The summed E-state index contributed by atoms with van der Waals surface area (Å²) < 4.78 is 56.3. The van der Waals surface area contributed by atoms with Crippen molar-refractivity contribution in [2.75, 3.05) is 14.8 Å². The number of aryl methyl sites for hydroxylation is 3. The second kappa shape index (κ2) is 10.7. The van der Waals surface area contributed by atoms with Gasteiger partial charge < -0.3 is 5.32 Å². The lowest BCUT2D eigenvalue weighted by molar-refractivity contribution is 0.102. The highest BCUT2D eigenvalue weighted by molar-refractivity contribution is 7.93. The molecule has 1 amide bonds. The Bertz CT molecular complexity index is 1700. The van der Waals surface area contributed by atoms with Crippen LogP contribution in [0.2, 0.25) is 0 Å². The Morgan fingerprint density at radius 1 is 0.605 bits per heavy atom. The molecule has 0 unspecified atom stereocenters. The van der Waals surface area contributed by atoms with E-state index < -0.39 is 26.0 Å². The van der Waals surface area contributed by atoms with Crippen molar-refractivity contribution in [1.29, 1.82) is 0 Å². The molecule has 4 rings (SSSR count). The van der Waals surface area contributed by atoms with Crippen molar-refractivity contribution in [2.24, 2.45) is 0 Å². The minimum absolute atomic E-state index is 0.0278. The van der Waals surface area contributed by atoms with Crippen LogP contribution in [-0.2, 0) is 20.0 Å². The van der Waals surface area contributed by atoms with Crippen LogP contribution in [0.15, 0.2) is 101 Å². The Morgan fingerprint density at radius 2 is 1.16 bits per heavy atom. The Morgan fingerprint density at radius 3 is 1.79 bits per heavy atom. The SMILES string of the molecule is Cc1ccc(S(=O)(=O)Nc2ccccc2C(=O)Nc2ccc(S(=O)(=O)Nc3ccc(C)c(C)c3)cc2)cc1. The zero-order valence-corrected chi connectivity index (χ0v) is 22.7. The van der Waals surface area contributed by atoms with E-state index in [4.69, 9.17) is 0 Å². The Balaban J connectivity index is 1.49. The van der Waals surface area contributed by atoms with Gasteiger partial charge in [0.05, 0.1) is 21.0 Å². The number of benzene rings is 4. The van der Waals surface area contributed by atoms with E-state index >= 15 is 0 Å². The number of hydrogen-bond donors (Lipinski definition) is 3. The van der Waals surface area contributed by atoms with Gasteiger partial charge in [0.25, 0.3) is 26.0 Å². The summed E-state index contributed by atoms with van der Waals surface area (Å²) in [5.41, 5.74) is 3.95. The van der Waals surface area contributed by atoms with Crippen molar-refractivity contribution >= 4 is 43.0 Å². The average Bonchev–Trinajstić information content (AvgIpc) is 2.87. The van der Waals surface area contributed by atoms with E-state index in [2.05, 4.69) is 14.8 Å². The zero-order valence-electron chi connectivity index (χ0n) is 21.0.